The Labute approximate surface area is 192 Å². The van der Waals surface area contributed by atoms with Gasteiger partial charge in [0.15, 0.2) is 0 Å². The maximum absolute atomic E-state index is 12.7. The van der Waals surface area contributed by atoms with E-state index in [-0.39, 0.29) is 18.2 Å². The lowest BCUT2D eigenvalue weighted by Crippen LogP contribution is -2.58. The molecule has 0 spiro atoms. The van der Waals surface area contributed by atoms with Gasteiger partial charge in [0.2, 0.25) is 0 Å². The standard InChI is InChI=1S/C24H23Cl2N3O2/c1-28(14-17-6-3-2-4-7-17)24(30)29-15-20(16-29)31-22(18-9-11-19(25)12-10-18)21-8-5-13-27-23(21)26/h2-13,20,22H,14-16H2,1H3/t22-/m0/s1. The minimum absolute atomic E-state index is 0.00819. The van der Waals surface area contributed by atoms with E-state index in [4.69, 9.17) is 27.9 Å². The molecular formula is C24H23Cl2N3O2. The molecule has 1 aliphatic heterocycles. The Hall–Kier alpha value is -2.60. The van der Waals surface area contributed by atoms with Gasteiger partial charge in [0.05, 0.1) is 19.2 Å². The van der Waals surface area contributed by atoms with Crippen LogP contribution in [0.2, 0.25) is 10.2 Å². The second-order valence-electron chi connectivity index (χ2n) is 7.60. The van der Waals surface area contributed by atoms with Crippen molar-refractivity contribution in [1.29, 1.82) is 0 Å². The summed E-state index contributed by atoms with van der Waals surface area (Å²) in [5.41, 5.74) is 2.82. The van der Waals surface area contributed by atoms with Crippen LogP contribution in [0.25, 0.3) is 0 Å². The van der Waals surface area contributed by atoms with Gasteiger partial charge in [0.1, 0.15) is 11.3 Å². The molecule has 160 valence electrons. The number of benzene rings is 2. The molecule has 2 heterocycles. The van der Waals surface area contributed by atoms with Crippen LogP contribution in [0.4, 0.5) is 4.79 Å². The Bertz CT molecular complexity index is 1020. The van der Waals surface area contributed by atoms with Crippen molar-refractivity contribution in [1.82, 2.24) is 14.8 Å². The first-order chi connectivity index (χ1) is 15.0. The van der Waals surface area contributed by atoms with Crippen molar-refractivity contribution in [3.8, 4) is 0 Å². The van der Waals surface area contributed by atoms with Crippen molar-refractivity contribution >= 4 is 29.2 Å². The lowest BCUT2D eigenvalue weighted by atomic mass is 10.0. The molecule has 2 amide bonds. The first kappa shape index (κ1) is 21.6. The number of urea groups is 1. The third kappa shape index (κ3) is 5.18. The van der Waals surface area contributed by atoms with Gasteiger partial charge in [-0.15, -0.1) is 0 Å². The highest BCUT2D eigenvalue weighted by Gasteiger charge is 2.35. The van der Waals surface area contributed by atoms with E-state index in [0.29, 0.717) is 29.8 Å². The summed E-state index contributed by atoms with van der Waals surface area (Å²) in [4.78, 5) is 20.4. The third-order valence-electron chi connectivity index (χ3n) is 5.28. The number of carbonyl (C=O) groups excluding carboxylic acids is 1. The summed E-state index contributed by atoms with van der Waals surface area (Å²) in [7, 11) is 1.81. The average Bonchev–Trinajstić information content (AvgIpc) is 2.75. The largest absolute Gasteiger partial charge is 0.362 e. The number of rotatable bonds is 6. The van der Waals surface area contributed by atoms with Gasteiger partial charge in [0, 0.05) is 30.4 Å². The Kier molecular flexibility index (Phi) is 6.76. The number of carbonyl (C=O) groups is 1. The van der Waals surface area contributed by atoms with Crippen LogP contribution < -0.4 is 0 Å². The summed E-state index contributed by atoms with van der Waals surface area (Å²) in [6.07, 6.45) is 1.17. The molecule has 0 saturated carbocycles. The molecule has 3 aromatic rings. The number of pyridine rings is 1. The Balaban J connectivity index is 1.41. The highest BCUT2D eigenvalue weighted by molar-refractivity contribution is 6.30. The van der Waals surface area contributed by atoms with Gasteiger partial charge in [0.25, 0.3) is 0 Å². The zero-order valence-corrected chi connectivity index (χ0v) is 18.6. The van der Waals surface area contributed by atoms with Crippen molar-refractivity contribution in [2.24, 2.45) is 0 Å². The van der Waals surface area contributed by atoms with Crippen molar-refractivity contribution in [2.45, 2.75) is 18.8 Å². The van der Waals surface area contributed by atoms with Crippen LogP contribution in [0.3, 0.4) is 0 Å². The molecule has 7 heteroatoms. The second-order valence-corrected chi connectivity index (χ2v) is 8.40. The van der Waals surface area contributed by atoms with Gasteiger partial charge in [-0.2, -0.15) is 0 Å². The van der Waals surface area contributed by atoms with Crippen molar-refractivity contribution < 1.29 is 9.53 Å². The molecule has 0 N–H and O–H groups in total. The summed E-state index contributed by atoms with van der Waals surface area (Å²) in [6, 6.07) is 21.2. The second kappa shape index (κ2) is 9.69. The molecule has 2 aromatic carbocycles. The highest BCUT2D eigenvalue weighted by atomic mass is 35.5. The van der Waals surface area contributed by atoms with Gasteiger partial charge in [-0.05, 0) is 29.3 Å². The van der Waals surface area contributed by atoms with E-state index in [2.05, 4.69) is 4.98 Å². The number of amides is 2. The number of likely N-dealkylation sites (tertiary alicyclic amines) is 1. The Morgan fingerprint density at radius 3 is 2.48 bits per heavy atom. The summed E-state index contributed by atoms with van der Waals surface area (Å²) < 4.78 is 6.38. The van der Waals surface area contributed by atoms with Crippen LogP contribution in [0, 0.1) is 0 Å². The third-order valence-corrected chi connectivity index (χ3v) is 5.85. The van der Waals surface area contributed by atoms with E-state index >= 15 is 0 Å². The van der Waals surface area contributed by atoms with E-state index < -0.39 is 0 Å². The number of aromatic nitrogens is 1. The zero-order valence-electron chi connectivity index (χ0n) is 17.1. The first-order valence-electron chi connectivity index (χ1n) is 10.1. The van der Waals surface area contributed by atoms with Crippen molar-refractivity contribution in [2.75, 3.05) is 20.1 Å². The van der Waals surface area contributed by atoms with E-state index in [0.717, 1.165) is 16.7 Å². The maximum atomic E-state index is 12.7. The van der Waals surface area contributed by atoms with E-state index in [1.54, 1.807) is 16.0 Å². The Morgan fingerprint density at radius 2 is 1.81 bits per heavy atom. The molecule has 0 unspecified atom stereocenters. The first-order valence-corrected chi connectivity index (χ1v) is 10.8. The molecule has 1 saturated heterocycles. The summed E-state index contributed by atoms with van der Waals surface area (Å²) >= 11 is 12.4. The van der Waals surface area contributed by atoms with Gasteiger partial charge in [-0.25, -0.2) is 9.78 Å². The smallest absolute Gasteiger partial charge is 0.320 e. The summed E-state index contributed by atoms with van der Waals surface area (Å²) in [6.45, 7) is 1.63. The van der Waals surface area contributed by atoms with Gasteiger partial charge in [-0.1, -0.05) is 71.7 Å². The fourth-order valence-corrected chi connectivity index (χ4v) is 3.95. The molecule has 1 aliphatic rings. The SMILES string of the molecule is CN(Cc1ccccc1)C(=O)N1CC(O[C@@H](c2ccc(Cl)cc2)c2cccnc2Cl)C1. The number of ether oxygens (including phenoxy) is 1. The normalized spacial score (nSPS) is 14.7. The molecule has 0 bridgehead atoms. The molecule has 31 heavy (non-hydrogen) atoms. The molecule has 4 rings (SSSR count). The quantitative estimate of drug-likeness (QED) is 0.465. The van der Waals surface area contributed by atoms with Gasteiger partial charge >= 0.3 is 6.03 Å². The topological polar surface area (TPSA) is 45.7 Å². The van der Waals surface area contributed by atoms with Crippen LogP contribution in [0.5, 0.6) is 0 Å². The maximum Gasteiger partial charge on any atom is 0.320 e. The lowest BCUT2D eigenvalue weighted by Gasteiger charge is -2.42. The summed E-state index contributed by atoms with van der Waals surface area (Å²) in [5, 5.41) is 1.05. The van der Waals surface area contributed by atoms with E-state index in [1.807, 2.05) is 73.8 Å². The molecule has 1 aromatic heterocycles. The summed E-state index contributed by atoms with van der Waals surface area (Å²) in [5.74, 6) is 0. The fourth-order valence-electron chi connectivity index (χ4n) is 3.60. The predicted molar refractivity (Wildman–Crippen MR) is 122 cm³/mol. The van der Waals surface area contributed by atoms with Crippen LogP contribution >= 0.6 is 23.2 Å². The molecule has 1 fully saturated rings. The predicted octanol–water partition coefficient (Wildman–Crippen LogP) is 5.43. The minimum Gasteiger partial charge on any atom is -0.362 e. The monoisotopic (exact) mass is 455 g/mol. The van der Waals surface area contributed by atoms with Crippen molar-refractivity contribution in [3.63, 3.8) is 0 Å². The van der Waals surface area contributed by atoms with Crippen molar-refractivity contribution in [3.05, 3.63) is 99.8 Å². The van der Waals surface area contributed by atoms with Crippen LogP contribution in [0.15, 0.2) is 72.9 Å². The van der Waals surface area contributed by atoms with Crippen LogP contribution in [0.1, 0.15) is 22.8 Å². The number of nitrogens with zero attached hydrogens (tertiary/aromatic N) is 3. The number of hydrogen-bond donors (Lipinski definition) is 0. The average molecular weight is 456 g/mol. The van der Waals surface area contributed by atoms with E-state index in [9.17, 15) is 4.79 Å². The molecule has 0 radical (unpaired) electrons. The van der Waals surface area contributed by atoms with Gasteiger partial charge < -0.3 is 14.5 Å². The number of hydrogen-bond acceptors (Lipinski definition) is 3. The highest BCUT2D eigenvalue weighted by Crippen LogP contribution is 2.33. The molecule has 0 aliphatic carbocycles. The zero-order chi connectivity index (χ0) is 21.8. The molecule has 5 nitrogen and oxygen atoms in total. The lowest BCUT2D eigenvalue weighted by molar-refractivity contribution is -0.0683. The van der Waals surface area contributed by atoms with Crippen LogP contribution in [-0.4, -0.2) is 47.1 Å². The molecular weight excluding hydrogens is 433 g/mol. The fraction of sp³-hybridized carbons (Fsp3) is 0.250. The van der Waals surface area contributed by atoms with E-state index in [1.165, 1.54) is 0 Å². The Morgan fingerprint density at radius 1 is 1.10 bits per heavy atom. The molecule has 1 atom stereocenters. The van der Waals surface area contributed by atoms with Gasteiger partial charge in [-0.3, -0.25) is 0 Å². The minimum atomic E-state index is -0.386. The van der Waals surface area contributed by atoms with Crippen LogP contribution in [-0.2, 0) is 11.3 Å². The number of halogens is 2.